The Morgan fingerprint density at radius 2 is 1.77 bits per heavy atom. The summed E-state index contributed by atoms with van der Waals surface area (Å²) in [5, 5.41) is 2.81. The van der Waals surface area contributed by atoms with E-state index in [0.29, 0.717) is 24.3 Å². The summed E-state index contributed by atoms with van der Waals surface area (Å²) in [5.41, 5.74) is 1.31. The fourth-order valence-electron chi connectivity index (χ4n) is 2.45. The van der Waals surface area contributed by atoms with Gasteiger partial charge in [0.2, 0.25) is 0 Å². The van der Waals surface area contributed by atoms with Crippen LogP contribution in [-0.4, -0.2) is 40.9 Å². The van der Waals surface area contributed by atoms with Crippen LogP contribution in [0.1, 0.15) is 48.5 Å². The maximum atomic E-state index is 12.5. The largest absolute Gasteiger partial charge is 0.491 e. The lowest BCUT2D eigenvalue weighted by molar-refractivity contribution is 0.0767. The second-order valence-corrected chi connectivity index (χ2v) is 6.05. The van der Waals surface area contributed by atoms with Crippen LogP contribution < -0.4 is 10.1 Å². The summed E-state index contributed by atoms with van der Waals surface area (Å²) in [6, 6.07) is 10.3. The third-order valence-electron chi connectivity index (χ3n) is 3.78. The highest BCUT2D eigenvalue weighted by Crippen LogP contribution is 2.18. The zero-order valence-electron chi connectivity index (χ0n) is 15.7. The molecule has 26 heavy (non-hydrogen) atoms. The highest BCUT2D eigenvalue weighted by Gasteiger charge is 2.16. The van der Waals surface area contributed by atoms with Gasteiger partial charge < -0.3 is 15.0 Å². The number of benzene rings is 1. The van der Waals surface area contributed by atoms with Crippen molar-refractivity contribution in [3.63, 3.8) is 0 Å². The maximum Gasteiger partial charge on any atom is 0.272 e. The molecule has 0 radical (unpaired) electrons. The van der Waals surface area contributed by atoms with Crippen molar-refractivity contribution in [2.24, 2.45) is 0 Å². The molecule has 0 spiro atoms. The third kappa shape index (κ3) is 5.05. The Morgan fingerprint density at radius 1 is 1.12 bits per heavy atom. The summed E-state index contributed by atoms with van der Waals surface area (Å²) >= 11 is 0. The molecule has 0 aliphatic carbocycles. The molecule has 1 aromatic heterocycles. The minimum atomic E-state index is -0.293. The summed E-state index contributed by atoms with van der Waals surface area (Å²) in [6.07, 6.45) is 1.57. The average Bonchev–Trinajstić information content (AvgIpc) is 2.64. The smallest absolute Gasteiger partial charge is 0.272 e. The second kappa shape index (κ2) is 8.99. The van der Waals surface area contributed by atoms with Gasteiger partial charge in [-0.05, 0) is 64.1 Å². The Morgan fingerprint density at radius 3 is 2.35 bits per heavy atom. The minimum Gasteiger partial charge on any atom is -0.491 e. The minimum absolute atomic E-state index is 0.0917. The molecule has 0 aliphatic heterocycles. The number of aromatic nitrogens is 1. The fraction of sp³-hybridized carbons (Fsp3) is 0.350. The van der Waals surface area contributed by atoms with Gasteiger partial charge in [0.1, 0.15) is 11.4 Å². The molecule has 0 atom stereocenters. The van der Waals surface area contributed by atoms with Crippen LogP contribution >= 0.6 is 0 Å². The number of amides is 2. The second-order valence-electron chi connectivity index (χ2n) is 6.05. The highest BCUT2D eigenvalue weighted by atomic mass is 16.5. The van der Waals surface area contributed by atoms with Crippen molar-refractivity contribution in [3.05, 3.63) is 53.9 Å². The number of hydrogen-bond donors (Lipinski definition) is 1. The summed E-state index contributed by atoms with van der Waals surface area (Å²) in [7, 11) is 0. The summed E-state index contributed by atoms with van der Waals surface area (Å²) in [4.78, 5) is 30.6. The van der Waals surface area contributed by atoms with Crippen LogP contribution in [0.5, 0.6) is 5.75 Å². The first-order chi connectivity index (χ1) is 12.4. The zero-order valence-corrected chi connectivity index (χ0v) is 15.7. The first kappa shape index (κ1) is 19.4. The van der Waals surface area contributed by atoms with Crippen molar-refractivity contribution in [2.45, 2.75) is 33.8 Å². The average molecular weight is 355 g/mol. The van der Waals surface area contributed by atoms with Gasteiger partial charge in [0, 0.05) is 30.5 Å². The Bertz CT molecular complexity index is 753. The van der Waals surface area contributed by atoms with E-state index in [1.807, 2.05) is 27.7 Å². The quantitative estimate of drug-likeness (QED) is 0.824. The van der Waals surface area contributed by atoms with Gasteiger partial charge in [-0.2, -0.15) is 0 Å². The predicted molar refractivity (Wildman–Crippen MR) is 102 cm³/mol. The number of pyridine rings is 1. The van der Waals surface area contributed by atoms with Gasteiger partial charge in [-0.15, -0.1) is 0 Å². The van der Waals surface area contributed by atoms with E-state index in [9.17, 15) is 9.59 Å². The van der Waals surface area contributed by atoms with E-state index in [1.54, 1.807) is 35.2 Å². The maximum absolute atomic E-state index is 12.5. The Balaban J connectivity index is 2.10. The van der Waals surface area contributed by atoms with E-state index >= 15 is 0 Å². The molecule has 138 valence electrons. The van der Waals surface area contributed by atoms with Crippen molar-refractivity contribution in [3.8, 4) is 5.75 Å². The SMILES string of the molecule is CCN(CC)C(=O)c1cc(C(=O)Nc2ccc(OC(C)C)cc2)ccn1. The lowest BCUT2D eigenvalue weighted by Crippen LogP contribution is -2.31. The van der Waals surface area contributed by atoms with Crippen LogP contribution in [0.25, 0.3) is 0 Å². The summed E-state index contributed by atoms with van der Waals surface area (Å²) in [6.45, 7) is 8.91. The molecule has 6 heteroatoms. The van der Waals surface area contributed by atoms with Gasteiger partial charge in [-0.25, -0.2) is 0 Å². The molecular weight excluding hydrogens is 330 g/mol. The molecule has 0 saturated heterocycles. The number of nitrogens with one attached hydrogen (secondary N) is 1. The summed E-state index contributed by atoms with van der Waals surface area (Å²) < 4.78 is 5.58. The number of ether oxygens (including phenoxy) is 1. The lowest BCUT2D eigenvalue weighted by Gasteiger charge is -2.18. The molecule has 2 rings (SSSR count). The zero-order chi connectivity index (χ0) is 19.1. The highest BCUT2D eigenvalue weighted by molar-refractivity contribution is 6.05. The normalized spacial score (nSPS) is 10.5. The Hall–Kier alpha value is -2.89. The molecule has 2 aromatic rings. The van der Waals surface area contributed by atoms with E-state index in [2.05, 4.69) is 10.3 Å². The van der Waals surface area contributed by atoms with E-state index in [4.69, 9.17) is 4.74 Å². The van der Waals surface area contributed by atoms with Crippen LogP contribution in [0, 0.1) is 0 Å². The molecule has 1 aromatic carbocycles. The van der Waals surface area contributed by atoms with Crippen LogP contribution in [-0.2, 0) is 0 Å². The molecule has 0 saturated carbocycles. The van der Waals surface area contributed by atoms with E-state index in [1.165, 1.54) is 12.3 Å². The number of carbonyl (C=O) groups excluding carboxylic acids is 2. The number of nitrogens with zero attached hydrogens (tertiary/aromatic N) is 2. The van der Waals surface area contributed by atoms with E-state index in [0.717, 1.165) is 5.75 Å². The van der Waals surface area contributed by atoms with Gasteiger partial charge in [0.15, 0.2) is 0 Å². The van der Waals surface area contributed by atoms with Crippen molar-refractivity contribution >= 4 is 17.5 Å². The van der Waals surface area contributed by atoms with Crippen molar-refractivity contribution in [2.75, 3.05) is 18.4 Å². The monoisotopic (exact) mass is 355 g/mol. The van der Waals surface area contributed by atoms with Gasteiger partial charge >= 0.3 is 0 Å². The number of anilines is 1. The number of hydrogen-bond acceptors (Lipinski definition) is 4. The lowest BCUT2D eigenvalue weighted by atomic mass is 10.2. The molecule has 2 amide bonds. The Kier molecular flexibility index (Phi) is 6.72. The van der Waals surface area contributed by atoms with E-state index in [-0.39, 0.29) is 23.6 Å². The predicted octanol–water partition coefficient (Wildman–Crippen LogP) is 3.60. The molecule has 0 unspecified atom stereocenters. The third-order valence-corrected chi connectivity index (χ3v) is 3.78. The van der Waals surface area contributed by atoms with Crippen molar-refractivity contribution in [1.29, 1.82) is 0 Å². The van der Waals surface area contributed by atoms with Gasteiger partial charge in [0.25, 0.3) is 11.8 Å². The molecular formula is C20H25N3O3. The van der Waals surface area contributed by atoms with Gasteiger partial charge in [-0.3, -0.25) is 14.6 Å². The topological polar surface area (TPSA) is 71.5 Å². The fourth-order valence-corrected chi connectivity index (χ4v) is 2.45. The molecule has 0 fully saturated rings. The van der Waals surface area contributed by atoms with Crippen LogP contribution in [0.2, 0.25) is 0 Å². The number of carbonyl (C=O) groups is 2. The van der Waals surface area contributed by atoms with Gasteiger partial charge in [0.05, 0.1) is 6.10 Å². The van der Waals surface area contributed by atoms with E-state index < -0.39 is 0 Å². The first-order valence-electron chi connectivity index (χ1n) is 8.78. The van der Waals surface area contributed by atoms with Crippen molar-refractivity contribution < 1.29 is 14.3 Å². The summed E-state index contributed by atoms with van der Waals surface area (Å²) in [5.74, 6) is 0.271. The molecule has 0 aliphatic rings. The van der Waals surface area contributed by atoms with Crippen LogP contribution in [0.15, 0.2) is 42.6 Å². The van der Waals surface area contributed by atoms with Gasteiger partial charge in [-0.1, -0.05) is 0 Å². The van der Waals surface area contributed by atoms with Crippen molar-refractivity contribution in [1.82, 2.24) is 9.88 Å². The van der Waals surface area contributed by atoms with Crippen LogP contribution in [0.3, 0.4) is 0 Å². The number of rotatable bonds is 7. The standard InChI is InChI=1S/C20H25N3O3/c1-5-23(6-2)20(25)18-13-15(11-12-21-18)19(24)22-16-7-9-17(10-8-16)26-14(3)4/h7-14H,5-6H2,1-4H3,(H,22,24). The molecule has 1 heterocycles. The Labute approximate surface area is 154 Å². The molecule has 1 N–H and O–H groups in total. The van der Waals surface area contributed by atoms with Crippen LogP contribution in [0.4, 0.5) is 5.69 Å². The molecule has 6 nitrogen and oxygen atoms in total. The first-order valence-corrected chi connectivity index (χ1v) is 8.78. The molecule has 0 bridgehead atoms.